The van der Waals surface area contributed by atoms with Gasteiger partial charge in [0.25, 0.3) is 0 Å². The topological polar surface area (TPSA) is 42.0 Å². The summed E-state index contributed by atoms with van der Waals surface area (Å²) in [5.74, 6) is 1.18. The Kier molecular flexibility index (Phi) is 5.97. The van der Waals surface area contributed by atoms with Crippen molar-refractivity contribution in [2.45, 2.75) is 31.7 Å². The third-order valence-electron chi connectivity index (χ3n) is 5.27. The smallest absolute Gasteiger partial charge is 0.191 e. The fourth-order valence-electron chi connectivity index (χ4n) is 3.77. The van der Waals surface area contributed by atoms with Crippen molar-refractivity contribution in [3.63, 3.8) is 0 Å². The third kappa shape index (κ3) is 4.34. The highest BCUT2D eigenvalue weighted by Gasteiger charge is 2.25. The lowest BCUT2D eigenvalue weighted by molar-refractivity contribution is 0.104. The van der Waals surface area contributed by atoms with Crippen molar-refractivity contribution in [3.05, 3.63) is 36.0 Å². The molecule has 2 heterocycles. The first-order valence-electron chi connectivity index (χ1n) is 9.14. The molecule has 3 rings (SSSR count). The second kappa shape index (κ2) is 8.39. The van der Waals surface area contributed by atoms with Crippen LogP contribution in [0, 0.1) is 0 Å². The lowest BCUT2D eigenvalue weighted by atomic mass is 10.0. The summed E-state index contributed by atoms with van der Waals surface area (Å²) >= 11 is 0. The zero-order chi connectivity index (χ0) is 17.6. The normalized spacial score (nSPS) is 19.5. The summed E-state index contributed by atoms with van der Waals surface area (Å²) in [5, 5.41) is 0. The minimum absolute atomic E-state index is 0.0406. The van der Waals surface area contributed by atoms with Crippen LogP contribution in [0.3, 0.4) is 0 Å². The number of ketones is 1. The van der Waals surface area contributed by atoms with Crippen LogP contribution in [0.2, 0.25) is 0 Å². The fraction of sp³-hybridized carbons (Fsp3) is 0.550. The van der Waals surface area contributed by atoms with Crippen LogP contribution >= 0.6 is 0 Å². The minimum atomic E-state index is -0.0406. The molecular weight excluding hydrogens is 316 g/mol. The molecule has 0 atom stereocenters. The molecule has 2 saturated heterocycles. The van der Waals surface area contributed by atoms with Gasteiger partial charge in [0.1, 0.15) is 11.5 Å². The first-order chi connectivity index (χ1) is 12.2. The molecule has 0 unspecified atom stereocenters. The van der Waals surface area contributed by atoms with E-state index < -0.39 is 0 Å². The van der Waals surface area contributed by atoms with Gasteiger partial charge in [-0.25, -0.2) is 0 Å². The van der Waals surface area contributed by atoms with Gasteiger partial charge in [0, 0.05) is 37.5 Å². The van der Waals surface area contributed by atoms with Gasteiger partial charge in [0.2, 0.25) is 0 Å². The third-order valence-corrected chi connectivity index (χ3v) is 5.27. The van der Waals surface area contributed by atoms with Crippen LogP contribution in [0.25, 0.3) is 0 Å². The number of allylic oxidation sites excluding steroid dienone is 1. The molecule has 0 aromatic heterocycles. The molecule has 2 fully saturated rings. The van der Waals surface area contributed by atoms with Gasteiger partial charge >= 0.3 is 0 Å². The van der Waals surface area contributed by atoms with Crippen LogP contribution < -0.4 is 9.47 Å². The van der Waals surface area contributed by atoms with E-state index in [9.17, 15) is 4.79 Å². The van der Waals surface area contributed by atoms with Crippen LogP contribution in [-0.2, 0) is 0 Å². The van der Waals surface area contributed by atoms with Crippen molar-refractivity contribution >= 4 is 5.78 Å². The molecule has 1 aromatic carbocycles. The molecule has 2 aliphatic rings. The van der Waals surface area contributed by atoms with Gasteiger partial charge in [-0.3, -0.25) is 4.79 Å². The van der Waals surface area contributed by atoms with Gasteiger partial charge in [0.15, 0.2) is 5.78 Å². The number of carbonyl (C=O) groups is 1. The number of ether oxygens (including phenoxy) is 2. The van der Waals surface area contributed by atoms with E-state index in [1.54, 1.807) is 38.5 Å². The average Bonchev–Trinajstić information content (AvgIpc) is 3.20. The molecule has 0 aliphatic carbocycles. The highest BCUT2D eigenvalue weighted by Crippen LogP contribution is 2.25. The Labute approximate surface area is 150 Å². The van der Waals surface area contributed by atoms with Crippen molar-refractivity contribution < 1.29 is 14.3 Å². The van der Waals surface area contributed by atoms with E-state index in [1.807, 2.05) is 6.20 Å². The molecule has 0 saturated carbocycles. The average molecular weight is 344 g/mol. The standard InChI is InChI=1S/C20H28N2O3/c1-24-17-5-6-18(20(15-17)25-2)19(23)9-14-21-12-7-16(8-13-21)22-10-3-4-11-22/h5-6,9,14-16H,3-4,7-8,10-13H2,1-2H3. The van der Waals surface area contributed by atoms with Gasteiger partial charge in [0.05, 0.1) is 19.8 Å². The molecule has 2 aliphatic heterocycles. The monoisotopic (exact) mass is 344 g/mol. The van der Waals surface area contributed by atoms with Crippen molar-refractivity contribution in [3.8, 4) is 11.5 Å². The highest BCUT2D eigenvalue weighted by molar-refractivity contribution is 6.06. The molecule has 0 spiro atoms. The predicted molar refractivity (Wildman–Crippen MR) is 98.4 cm³/mol. The van der Waals surface area contributed by atoms with E-state index in [0.29, 0.717) is 17.1 Å². The summed E-state index contributed by atoms with van der Waals surface area (Å²) in [4.78, 5) is 17.4. The Morgan fingerprint density at radius 3 is 2.44 bits per heavy atom. The maximum absolute atomic E-state index is 12.5. The van der Waals surface area contributed by atoms with E-state index in [4.69, 9.17) is 9.47 Å². The maximum atomic E-state index is 12.5. The van der Waals surface area contributed by atoms with Crippen molar-refractivity contribution in [1.29, 1.82) is 0 Å². The van der Waals surface area contributed by atoms with Crippen LogP contribution in [0.1, 0.15) is 36.0 Å². The zero-order valence-corrected chi connectivity index (χ0v) is 15.2. The summed E-state index contributed by atoms with van der Waals surface area (Å²) in [6, 6.07) is 6.00. The molecule has 0 amide bonds. The number of hydrogen-bond acceptors (Lipinski definition) is 5. The van der Waals surface area contributed by atoms with E-state index in [2.05, 4.69) is 9.80 Å². The van der Waals surface area contributed by atoms with Crippen molar-refractivity contribution in [2.75, 3.05) is 40.4 Å². The second-order valence-corrected chi connectivity index (χ2v) is 6.76. The lowest BCUT2D eigenvalue weighted by Gasteiger charge is -2.36. The summed E-state index contributed by atoms with van der Waals surface area (Å²) in [5.41, 5.74) is 0.562. The summed E-state index contributed by atoms with van der Waals surface area (Å²) in [6.07, 6.45) is 8.65. The number of methoxy groups -OCH3 is 2. The summed E-state index contributed by atoms with van der Waals surface area (Å²) < 4.78 is 10.5. The Morgan fingerprint density at radius 1 is 1.08 bits per heavy atom. The molecule has 1 aromatic rings. The maximum Gasteiger partial charge on any atom is 0.191 e. The molecule has 0 radical (unpaired) electrons. The quantitative estimate of drug-likeness (QED) is 0.586. The van der Waals surface area contributed by atoms with Crippen LogP contribution in [0.5, 0.6) is 11.5 Å². The Bertz CT molecular complexity index is 615. The molecule has 0 bridgehead atoms. The van der Waals surface area contributed by atoms with Crippen LogP contribution in [-0.4, -0.2) is 62.0 Å². The molecule has 136 valence electrons. The number of carbonyl (C=O) groups excluding carboxylic acids is 1. The second-order valence-electron chi connectivity index (χ2n) is 6.76. The molecular formula is C20H28N2O3. The van der Waals surface area contributed by atoms with Crippen LogP contribution in [0.4, 0.5) is 0 Å². The number of likely N-dealkylation sites (tertiary alicyclic amines) is 2. The number of nitrogens with zero attached hydrogens (tertiary/aromatic N) is 2. The SMILES string of the molecule is COc1ccc(C(=O)C=CN2CCC(N3CCCC3)CC2)c(OC)c1. The van der Waals surface area contributed by atoms with Gasteiger partial charge in [-0.1, -0.05) is 0 Å². The summed E-state index contributed by atoms with van der Waals surface area (Å²) in [6.45, 7) is 4.56. The van der Waals surface area contributed by atoms with Crippen LogP contribution in [0.15, 0.2) is 30.5 Å². The number of hydrogen-bond donors (Lipinski definition) is 0. The van der Waals surface area contributed by atoms with E-state index in [-0.39, 0.29) is 5.78 Å². The number of piperidine rings is 1. The van der Waals surface area contributed by atoms with Gasteiger partial charge in [-0.05, 0) is 50.9 Å². The Hall–Kier alpha value is -2.01. The summed E-state index contributed by atoms with van der Waals surface area (Å²) in [7, 11) is 3.17. The highest BCUT2D eigenvalue weighted by atomic mass is 16.5. The lowest BCUT2D eigenvalue weighted by Crippen LogP contribution is -2.42. The largest absolute Gasteiger partial charge is 0.497 e. The Balaban J connectivity index is 1.56. The molecule has 5 heteroatoms. The van der Waals surface area contributed by atoms with Gasteiger partial charge in [-0.2, -0.15) is 0 Å². The minimum Gasteiger partial charge on any atom is -0.497 e. The number of rotatable bonds is 6. The van der Waals surface area contributed by atoms with Gasteiger partial charge < -0.3 is 19.3 Å². The molecule has 25 heavy (non-hydrogen) atoms. The predicted octanol–water partition coefficient (Wildman–Crippen LogP) is 2.96. The first-order valence-corrected chi connectivity index (χ1v) is 9.14. The van der Waals surface area contributed by atoms with E-state index in [1.165, 1.54) is 38.8 Å². The fourth-order valence-corrected chi connectivity index (χ4v) is 3.77. The van der Waals surface area contributed by atoms with Gasteiger partial charge in [-0.15, -0.1) is 0 Å². The Morgan fingerprint density at radius 2 is 1.80 bits per heavy atom. The van der Waals surface area contributed by atoms with Crippen molar-refractivity contribution in [1.82, 2.24) is 9.80 Å². The van der Waals surface area contributed by atoms with E-state index >= 15 is 0 Å². The number of benzene rings is 1. The molecule has 5 nitrogen and oxygen atoms in total. The first kappa shape index (κ1) is 17.8. The zero-order valence-electron chi connectivity index (χ0n) is 15.2. The van der Waals surface area contributed by atoms with Crippen molar-refractivity contribution in [2.24, 2.45) is 0 Å². The van der Waals surface area contributed by atoms with E-state index in [0.717, 1.165) is 19.1 Å². The molecule has 0 N–H and O–H groups in total.